The standard InChI is InChI=1S/C15H16FN/c1-11-4-3-5-12(8-11)15-7-6-14(16)9-13(15)10-17-2/h3-9,17H,10H2,1-2H3. The van der Waals surface area contributed by atoms with Crippen LogP contribution in [0, 0.1) is 12.7 Å². The second kappa shape index (κ2) is 5.11. The summed E-state index contributed by atoms with van der Waals surface area (Å²) >= 11 is 0. The predicted octanol–water partition coefficient (Wildman–Crippen LogP) is 3.52. The van der Waals surface area contributed by atoms with Gasteiger partial charge in [-0.1, -0.05) is 35.9 Å². The summed E-state index contributed by atoms with van der Waals surface area (Å²) < 4.78 is 13.2. The number of benzene rings is 2. The minimum absolute atomic E-state index is 0.188. The van der Waals surface area contributed by atoms with Crippen LogP contribution < -0.4 is 5.32 Å². The van der Waals surface area contributed by atoms with Gasteiger partial charge >= 0.3 is 0 Å². The zero-order chi connectivity index (χ0) is 12.3. The molecule has 0 amide bonds. The minimum Gasteiger partial charge on any atom is -0.316 e. The molecule has 0 aliphatic rings. The first-order valence-electron chi connectivity index (χ1n) is 5.71. The van der Waals surface area contributed by atoms with Gasteiger partial charge in [-0.3, -0.25) is 0 Å². The monoisotopic (exact) mass is 229 g/mol. The first-order chi connectivity index (χ1) is 8.20. The van der Waals surface area contributed by atoms with E-state index in [1.54, 1.807) is 6.07 Å². The highest BCUT2D eigenvalue weighted by Gasteiger charge is 2.06. The first kappa shape index (κ1) is 11.8. The summed E-state index contributed by atoms with van der Waals surface area (Å²) in [6.45, 7) is 2.73. The van der Waals surface area contributed by atoms with Crippen molar-refractivity contribution in [3.63, 3.8) is 0 Å². The second-order valence-corrected chi connectivity index (χ2v) is 4.20. The van der Waals surface area contributed by atoms with Crippen molar-refractivity contribution in [3.8, 4) is 11.1 Å². The van der Waals surface area contributed by atoms with Crippen molar-refractivity contribution >= 4 is 0 Å². The summed E-state index contributed by atoms with van der Waals surface area (Å²) in [4.78, 5) is 0. The van der Waals surface area contributed by atoms with Crippen LogP contribution in [0.1, 0.15) is 11.1 Å². The predicted molar refractivity (Wildman–Crippen MR) is 69.3 cm³/mol. The lowest BCUT2D eigenvalue weighted by atomic mass is 9.98. The molecule has 1 N–H and O–H groups in total. The second-order valence-electron chi connectivity index (χ2n) is 4.20. The normalized spacial score (nSPS) is 10.5. The van der Waals surface area contributed by atoms with Crippen LogP contribution in [0.15, 0.2) is 42.5 Å². The number of hydrogen-bond donors (Lipinski definition) is 1. The molecule has 17 heavy (non-hydrogen) atoms. The van der Waals surface area contributed by atoms with Crippen LogP contribution in [-0.4, -0.2) is 7.05 Å². The minimum atomic E-state index is -0.188. The molecule has 2 aromatic carbocycles. The van der Waals surface area contributed by atoms with Crippen molar-refractivity contribution in [3.05, 3.63) is 59.4 Å². The fourth-order valence-corrected chi connectivity index (χ4v) is 1.99. The number of rotatable bonds is 3. The molecule has 0 unspecified atom stereocenters. The summed E-state index contributed by atoms with van der Waals surface area (Å²) in [5.41, 5.74) is 4.42. The molecule has 0 radical (unpaired) electrons. The summed E-state index contributed by atoms with van der Waals surface area (Å²) in [5, 5.41) is 3.07. The van der Waals surface area contributed by atoms with Crippen molar-refractivity contribution in [1.29, 1.82) is 0 Å². The maximum absolute atomic E-state index is 13.2. The number of aryl methyl sites for hydroxylation is 1. The highest BCUT2D eigenvalue weighted by molar-refractivity contribution is 5.68. The van der Waals surface area contributed by atoms with Crippen LogP contribution >= 0.6 is 0 Å². The van der Waals surface area contributed by atoms with E-state index in [2.05, 4.69) is 30.4 Å². The van der Waals surface area contributed by atoms with E-state index in [0.29, 0.717) is 6.54 Å². The molecular weight excluding hydrogens is 213 g/mol. The summed E-state index contributed by atoms with van der Waals surface area (Å²) in [6, 6.07) is 13.2. The van der Waals surface area contributed by atoms with E-state index in [-0.39, 0.29) is 5.82 Å². The van der Waals surface area contributed by atoms with Gasteiger partial charge in [0.1, 0.15) is 5.82 Å². The Bertz CT molecular complexity index is 520. The Kier molecular flexibility index (Phi) is 3.55. The molecule has 0 bridgehead atoms. The van der Waals surface area contributed by atoms with Crippen molar-refractivity contribution in [2.45, 2.75) is 13.5 Å². The average Bonchev–Trinajstić information content (AvgIpc) is 2.29. The zero-order valence-electron chi connectivity index (χ0n) is 10.1. The van der Waals surface area contributed by atoms with Gasteiger partial charge in [-0.2, -0.15) is 0 Å². The van der Waals surface area contributed by atoms with Gasteiger partial charge in [0.25, 0.3) is 0 Å². The zero-order valence-corrected chi connectivity index (χ0v) is 10.1. The third-order valence-corrected chi connectivity index (χ3v) is 2.76. The van der Waals surface area contributed by atoms with Crippen molar-refractivity contribution < 1.29 is 4.39 Å². The molecule has 0 fully saturated rings. The summed E-state index contributed by atoms with van der Waals surface area (Å²) in [5.74, 6) is -0.188. The van der Waals surface area contributed by atoms with Crippen LogP contribution in [0.3, 0.4) is 0 Å². The van der Waals surface area contributed by atoms with Gasteiger partial charge in [0, 0.05) is 6.54 Å². The highest BCUT2D eigenvalue weighted by atomic mass is 19.1. The lowest BCUT2D eigenvalue weighted by molar-refractivity contribution is 0.624. The first-order valence-corrected chi connectivity index (χ1v) is 5.71. The molecule has 0 saturated heterocycles. The van der Waals surface area contributed by atoms with Gasteiger partial charge < -0.3 is 5.32 Å². The molecule has 0 aliphatic heterocycles. The average molecular weight is 229 g/mol. The van der Waals surface area contributed by atoms with Gasteiger partial charge in [0.2, 0.25) is 0 Å². The van der Waals surface area contributed by atoms with Crippen LogP contribution in [0.4, 0.5) is 4.39 Å². The van der Waals surface area contributed by atoms with Gasteiger partial charge in [0.15, 0.2) is 0 Å². The number of halogens is 1. The van der Waals surface area contributed by atoms with Crippen LogP contribution in [0.25, 0.3) is 11.1 Å². The van der Waals surface area contributed by atoms with E-state index >= 15 is 0 Å². The molecule has 0 heterocycles. The SMILES string of the molecule is CNCc1cc(F)ccc1-c1cccc(C)c1. The third-order valence-electron chi connectivity index (χ3n) is 2.76. The molecule has 2 aromatic rings. The van der Waals surface area contributed by atoms with Crippen LogP contribution in [-0.2, 0) is 6.54 Å². The molecule has 0 atom stereocenters. The molecule has 2 heteroatoms. The van der Waals surface area contributed by atoms with Crippen molar-refractivity contribution in [2.75, 3.05) is 7.05 Å². The van der Waals surface area contributed by atoms with E-state index in [1.807, 2.05) is 19.2 Å². The molecule has 88 valence electrons. The largest absolute Gasteiger partial charge is 0.316 e. The summed E-state index contributed by atoms with van der Waals surface area (Å²) in [7, 11) is 1.87. The quantitative estimate of drug-likeness (QED) is 0.849. The Morgan fingerprint density at radius 1 is 1.12 bits per heavy atom. The molecule has 0 spiro atoms. The van der Waals surface area contributed by atoms with Gasteiger partial charge in [-0.05, 0) is 42.8 Å². The lowest BCUT2D eigenvalue weighted by Crippen LogP contribution is -2.06. The summed E-state index contributed by atoms with van der Waals surface area (Å²) in [6.07, 6.45) is 0. The molecular formula is C15H16FN. The van der Waals surface area contributed by atoms with Gasteiger partial charge in [-0.25, -0.2) is 4.39 Å². The van der Waals surface area contributed by atoms with Gasteiger partial charge in [-0.15, -0.1) is 0 Å². The maximum atomic E-state index is 13.2. The molecule has 2 rings (SSSR count). The smallest absolute Gasteiger partial charge is 0.123 e. The maximum Gasteiger partial charge on any atom is 0.123 e. The van der Waals surface area contributed by atoms with Gasteiger partial charge in [0.05, 0.1) is 0 Å². The Morgan fingerprint density at radius 2 is 1.94 bits per heavy atom. The molecule has 0 aromatic heterocycles. The van der Waals surface area contributed by atoms with Crippen molar-refractivity contribution in [2.24, 2.45) is 0 Å². The number of nitrogens with one attached hydrogen (secondary N) is 1. The fourth-order valence-electron chi connectivity index (χ4n) is 1.99. The Balaban J connectivity index is 2.50. The lowest BCUT2D eigenvalue weighted by Gasteiger charge is -2.10. The van der Waals surface area contributed by atoms with E-state index < -0.39 is 0 Å². The molecule has 0 aliphatic carbocycles. The highest BCUT2D eigenvalue weighted by Crippen LogP contribution is 2.25. The van der Waals surface area contributed by atoms with E-state index in [9.17, 15) is 4.39 Å². The Morgan fingerprint density at radius 3 is 2.65 bits per heavy atom. The van der Waals surface area contributed by atoms with E-state index in [0.717, 1.165) is 16.7 Å². The fraction of sp³-hybridized carbons (Fsp3) is 0.200. The third kappa shape index (κ3) is 2.71. The molecule has 0 saturated carbocycles. The van der Waals surface area contributed by atoms with Crippen LogP contribution in [0.5, 0.6) is 0 Å². The topological polar surface area (TPSA) is 12.0 Å². The van der Waals surface area contributed by atoms with E-state index in [4.69, 9.17) is 0 Å². The number of hydrogen-bond acceptors (Lipinski definition) is 1. The Labute approximate surface area is 101 Å². The van der Waals surface area contributed by atoms with Crippen molar-refractivity contribution in [1.82, 2.24) is 5.32 Å². The molecule has 1 nitrogen and oxygen atoms in total. The van der Waals surface area contributed by atoms with E-state index in [1.165, 1.54) is 11.6 Å². The Hall–Kier alpha value is -1.67. The van der Waals surface area contributed by atoms with Crippen LogP contribution in [0.2, 0.25) is 0 Å².